The molecule has 28 heavy (non-hydrogen) atoms. The number of pyridine rings is 2. The highest BCUT2D eigenvalue weighted by molar-refractivity contribution is 6.30. The molecule has 5 nitrogen and oxygen atoms in total. The second kappa shape index (κ2) is 8.80. The number of morpholine rings is 1. The van der Waals surface area contributed by atoms with E-state index in [1.165, 1.54) is 0 Å². The lowest BCUT2D eigenvalue weighted by Gasteiger charge is -2.37. The van der Waals surface area contributed by atoms with E-state index in [1.54, 1.807) is 12.4 Å². The molecule has 3 heterocycles. The maximum Gasteiger partial charge on any atom is 0.101 e. The molecule has 1 N–H and O–H groups in total. The molecule has 0 radical (unpaired) electrons. The topological polar surface area (TPSA) is 58.5 Å². The van der Waals surface area contributed by atoms with E-state index in [-0.39, 0.29) is 6.04 Å². The molecule has 144 valence electrons. The van der Waals surface area contributed by atoms with Gasteiger partial charge < -0.3 is 9.84 Å². The van der Waals surface area contributed by atoms with E-state index in [1.807, 2.05) is 54.7 Å². The van der Waals surface area contributed by atoms with Crippen LogP contribution in [0.3, 0.4) is 0 Å². The molecule has 1 fully saturated rings. The molecule has 1 aliphatic heterocycles. The van der Waals surface area contributed by atoms with Gasteiger partial charge >= 0.3 is 0 Å². The standard InChI is InChI=1S/C22H22ClN3O2/c23-18-7-5-16(6-8-18)20-19(4-2-10-25-20)22(27)21(17-3-1-9-24-15-17)26-11-13-28-14-12-26/h1-10,15,21-22,27H,11-14H2. The molecule has 0 saturated carbocycles. The molecule has 0 aliphatic carbocycles. The lowest BCUT2D eigenvalue weighted by molar-refractivity contribution is -0.0238. The summed E-state index contributed by atoms with van der Waals surface area (Å²) in [7, 11) is 0. The van der Waals surface area contributed by atoms with Crippen LogP contribution in [0.25, 0.3) is 11.3 Å². The Morgan fingerprint density at radius 2 is 1.75 bits per heavy atom. The fraction of sp³-hybridized carbons (Fsp3) is 0.273. The molecule has 1 aliphatic rings. The van der Waals surface area contributed by atoms with Gasteiger partial charge in [-0.3, -0.25) is 14.9 Å². The highest BCUT2D eigenvalue weighted by Crippen LogP contribution is 2.38. The summed E-state index contributed by atoms with van der Waals surface area (Å²) >= 11 is 6.04. The van der Waals surface area contributed by atoms with Crippen LogP contribution < -0.4 is 0 Å². The number of benzene rings is 1. The van der Waals surface area contributed by atoms with Crippen molar-refractivity contribution in [3.05, 3.63) is 83.3 Å². The van der Waals surface area contributed by atoms with Gasteiger partial charge in [-0.2, -0.15) is 0 Å². The zero-order valence-corrected chi connectivity index (χ0v) is 16.2. The first-order chi connectivity index (χ1) is 13.7. The highest BCUT2D eigenvalue weighted by atomic mass is 35.5. The number of hydrogen-bond donors (Lipinski definition) is 1. The maximum atomic E-state index is 11.5. The maximum absolute atomic E-state index is 11.5. The van der Waals surface area contributed by atoms with Crippen molar-refractivity contribution in [1.82, 2.24) is 14.9 Å². The minimum Gasteiger partial charge on any atom is -0.386 e. The lowest BCUT2D eigenvalue weighted by Crippen LogP contribution is -2.41. The smallest absolute Gasteiger partial charge is 0.101 e. The van der Waals surface area contributed by atoms with Crippen molar-refractivity contribution in [2.24, 2.45) is 0 Å². The Morgan fingerprint density at radius 3 is 2.46 bits per heavy atom. The van der Waals surface area contributed by atoms with E-state index in [2.05, 4.69) is 14.9 Å². The molecule has 2 aromatic heterocycles. The van der Waals surface area contributed by atoms with Gasteiger partial charge in [0.05, 0.1) is 24.9 Å². The fourth-order valence-electron chi connectivity index (χ4n) is 3.67. The van der Waals surface area contributed by atoms with Crippen LogP contribution in [0, 0.1) is 0 Å². The lowest BCUT2D eigenvalue weighted by atomic mass is 9.92. The van der Waals surface area contributed by atoms with Crippen molar-refractivity contribution in [2.45, 2.75) is 12.1 Å². The van der Waals surface area contributed by atoms with Crippen molar-refractivity contribution in [1.29, 1.82) is 0 Å². The van der Waals surface area contributed by atoms with E-state index >= 15 is 0 Å². The Labute approximate surface area is 169 Å². The molecule has 0 bridgehead atoms. The first kappa shape index (κ1) is 19.0. The Balaban J connectivity index is 1.75. The molecule has 2 unspecified atom stereocenters. The van der Waals surface area contributed by atoms with Gasteiger partial charge in [0.2, 0.25) is 0 Å². The monoisotopic (exact) mass is 395 g/mol. The van der Waals surface area contributed by atoms with Gasteiger partial charge in [0, 0.05) is 47.8 Å². The van der Waals surface area contributed by atoms with Crippen molar-refractivity contribution in [2.75, 3.05) is 26.3 Å². The summed E-state index contributed by atoms with van der Waals surface area (Å²) in [6, 6.07) is 15.0. The second-order valence-electron chi connectivity index (χ2n) is 6.77. The first-order valence-corrected chi connectivity index (χ1v) is 9.72. The number of hydrogen-bond acceptors (Lipinski definition) is 5. The van der Waals surface area contributed by atoms with Crippen molar-refractivity contribution >= 4 is 11.6 Å². The summed E-state index contributed by atoms with van der Waals surface area (Å²) < 4.78 is 5.51. The number of rotatable bonds is 5. The molecule has 6 heteroatoms. The molecule has 1 aromatic carbocycles. The van der Waals surface area contributed by atoms with Gasteiger partial charge in [0.1, 0.15) is 6.10 Å². The van der Waals surface area contributed by atoms with Gasteiger partial charge in [-0.15, -0.1) is 0 Å². The van der Waals surface area contributed by atoms with Gasteiger partial charge in [-0.05, 0) is 29.8 Å². The quantitative estimate of drug-likeness (QED) is 0.709. The molecule has 2 atom stereocenters. The third-order valence-corrected chi connectivity index (χ3v) is 5.29. The van der Waals surface area contributed by atoms with E-state index in [0.717, 1.165) is 35.5 Å². The van der Waals surface area contributed by atoms with Crippen LogP contribution in [0.5, 0.6) is 0 Å². The van der Waals surface area contributed by atoms with E-state index in [4.69, 9.17) is 16.3 Å². The predicted molar refractivity (Wildman–Crippen MR) is 109 cm³/mol. The number of aromatic nitrogens is 2. The number of ether oxygens (including phenoxy) is 1. The SMILES string of the molecule is OC(c1cccnc1-c1ccc(Cl)cc1)C(c1cccnc1)N1CCOCC1. The van der Waals surface area contributed by atoms with Crippen LogP contribution in [0.1, 0.15) is 23.3 Å². The van der Waals surface area contributed by atoms with E-state index in [9.17, 15) is 5.11 Å². The molecule has 0 spiro atoms. The Morgan fingerprint density at radius 1 is 1.00 bits per heavy atom. The van der Waals surface area contributed by atoms with Crippen LogP contribution in [0.4, 0.5) is 0 Å². The van der Waals surface area contributed by atoms with Gasteiger partial charge in [0.15, 0.2) is 0 Å². The summed E-state index contributed by atoms with van der Waals surface area (Å²) in [6.07, 6.45) is 4.55. The zero-order valence-electron chi connectivity index (χ0n) is 15.4. The largest absolute Gasteiger partial charge is 0.386 e. The Bertz CT molecular complexity index is 899. The number of aliphatic hydroxyl groups excluding tert-OH is 1. The molecule has 3 aromatic rings. The molecular formula is C22H22ClN3O2. The summed E-state index contributed by atoms with van der Waals surface area (Å²) in [5.74, 6) is 0. The minimum atomic E-state index is -0.762. The predicted octanol–water partition coefficient (Wildman–Crippen LogP) is 3.90. The number of halogens is 1. The normalized spacial score (nSPS) is 17.2. The summed E-state index contributed by atoms with van der Waals surface area (Å²) in [5, 5.41) is 12.2. The third-order valence-electron chi connectivity index (χ3n) is 5.04. The first-order valence-electron chi connectivity index (χ1n) is 9.34. The van der Waals surface area contributed by atoms with Crippen LogP contribution in [-0.4, -0.2) is 46.3 Å². The van der Waals surface area contributed by atoms with Crippen molar-refractivity contribution < 1.29 is 9.84 Å². The van der Waals surface area contributed by atoms with Crippen LogP contribution in [0.2, 0.25) is 5.02 Å². The van der Waals surface area contributed by atoms with Crippen molar-refractivity contribution in [3.63, 3.8) is 0 Å². The molecule has 1 saturated heterocycles. The number of nitrogens with zero attached hydrogens (tertiary/aromatic N) is 3. The van der Waals surface area contributed by atoms with Gasteiger partial charge in [-0.25, -0.2) is 0 Å². The Hall–Kier alpha value is -2.31. The molecule has 4 rings (SSSR count). The Kier molecular flexibility index (Phi) is 5.98. The molecule has 0 amide bonds. The van der Waals surface area contributed by atoms with Crippen molar-refractivity contribution in [3.8, 4) is 11.3 Å². The van der Waals surface area contributed by atoms with Crippen LogP contribution in [0.15, 0.2) is 67.1 Å². The summed E-state index contributed by atoms with van der Waals surface area (Å²) in [6.45, 7) is 2.82. The van der Waals surface area contributed by atoms with Crippen LogP contribution in [-0.2, 0) is 4.74 Å². The summed E-state index contributed by atoms with van der Waals surface area (Å²) in [4.78, 5) is 11.1. The van der Waals surface area contributed by atoms with Crippen LogP contribution >= 0.6 is 11.6 Å². The zero-order chi connectivity index (χ0) is 19.3. The fourth-order valence-corrected chi connectivity index (χ4v) is 3.80. The van der Waals surface area contributed by atoms with E-state index < -0.39 is 6.10 Å². The van der Waals surface area contributed by atoms with E-state index in [0.29, 0.717) is 18.2 Å². The highest BCUT2D eigenvalue weighted by Gasteiger charge is 2.32. The summed E-state index contributed by atoms with van der Waals surface area (Å²) in [5.41, 5.74) is 3.44. The third kappa shape index (κ3) is 4.08. The average Bonchev–Trinajstić information content (AvgIpc) is 2.76. The average molecular weight is 396 g/mol. The van der Waals surface area contributed by atoms with Gasteiger partial charge in [0.25, 0.3) is 0 Å². The molecular weight excluding hydrogens is 374 g/mol. The second-order valence-corrected chi connectivity index (χ2v) is 7.21. The minimum absolute atomic E-state index is 0.229. The number of aliphatic hydroxyl groups is 1. The van der Waals surface area contributed by atoms with Gasteiger partial charge in [-0.1, -0.05) is 35.9 Å².